The molecule has 3 nitrogen and oxygen atoms in total. The molecule has 0 aliphatic heterocycles. The molecule has 2 aromatic rings. The molecule has 0 aliphatic carbocycles. The number of benzene rings is 1. The van der Waals surface area contributed by atoms with Gasteiger partial charge in [0.1, 0.15) is 22.7 Å². The van der Waals surface area contributed by atoms with Gasteiger partial charge < -0.3 is 5.11 Å². The SMILES string of the molecule is Cc1cc(C)c(C#N)c(SCC(O)c2ccc(F)cc2F)n1. The van der Waals surface area contributed by atoms with Gasteiger partial charge in [0, 0.05) is 23.1 Å². The van der Waals surface area contributed by atoms with Gasteiger partial charge in [-0.05, 0) is 31.5 Å². The predicted molar refractivity (Wildman–Crippen MR) is 80.5 cm³/mol. The summed E-state index contributed by atoms with van der Waals surface area (Å²) in [6.07, 6.45) is -1.11. The van der Waals surface area contributed by atoms with E-state index in [4.69, 9.17) is 0 Å². The molecule has 1 N–H and O–H groups in total. The minimum absolute atomic E-state index is 0.0248. The maximum absolute atomic E-state index is 13.6. The first-order valence-electron chi connectivity index (χ1n) is 6.56. The molecule has 1 atom stereocenters. The second-order valence-electron chi connectivity index (χ2n) is 4.87. The molecule has 0 saturated carbocycles. The van der Waals surface area contributed by atoms with Gasteiger partial charge in [0.05, 0.1) is 11.7 Å². The van der Waals surface area contributed by atoms with Crippen molar-refractivity contribution in [1.82, 2.24) is 4.98 Å². The number of aromatic nitrogens is 1. The number of hydrogen-bond acceptors (Lipinski definition) is 4. The number of pyridine rings is 1. The van der Waals surface area contributed by atoms with Gasteiger partial charge in [-0.15, -0.1) is 11.8 Å². The third-order valence-corrected chi connectivity index (χ3v) is 4.17. The first-order valence-corrected chi connectivity index (χ1v) is 7.55. The van der Waals surface area contributed by atoms with E-state index < -0.39 is 17.7 Å². The molecule has 1 aromatic heterocycles. The first-order chi connectivity index (χ1) is 10.4. The molecule has 1 heterocycles. The Kier molecular flexibility index (Phi) is 5.11. The predicted octanol–water partition coefficient (Wildman–Crippen LogP) is 3.67. The summed E-state index contributed by atoms with van der Waals surface area (Å²) < 4.78 is 26.5. The van der Waals surface area contributed by atoms with Crippen molar-refractivity contribution in [2.24, 2.45) is 0 Å². The van der Waals surface area contributed by atoms with Crippen LogP contribution in [0.3, 0.4) is 0 Å². The smallest absolute Gasteiger partial charge is 0.131 e. The number of nitrogens with zero attached hydrogens (tertiary/aromatic N) is 2. The molecule has 0 saturated heterocycles. The van der Waals surface area contributed by atoms with Crippen LogP contribution < -0.4 is 0 Å². The topological polar surface area (TPSA) is 56.9 Å². The summed E-state index contributed by atoms with van der Waals surface area (Å²) in [6.45, 7) is 3.63. The van der Waals surface area contributed by atoms with Gasteiger partial charge in [-0.1, -0.05) is 6.07 Å². The molecule has 1 aromatic carbocycles. The Morgan fingerprint density at radius 2 is 2.05 bits per heavy atom. The zero-order valence-electron chi connectivity index (χ0n) is 12.1. The second-order valence-corrected chi connectivity index (χ2v) is 5.87. The van der Waals surface area contributed by atoms with Gasteiger partial charge in [-0.3, -0.25) is 0 Å². The number of hydrogen-bond donors (Lipinski definition) is 1. The van der Waals surface area contributed by atoms with Gasteiger partial charge in [-0.25, -0.2) is 13.8 Å². The van der Waals surface area contributed by atoms with Gasteiger partial charge in [0.25, 0.3) is 0 Å². The molecule has 2 rings (SSSR count). The molecule has 0 bridgehead atoms. The largest absolute Gasteiger partial charge is 0.387 e. The molecular formula is C16H14F2N2OS. The van der Waals surface area contributed by atoms with E-state index in [0.29, 0.717) is 10.6 Å². The van der Waals surface area contributed by atoms with Crippen molar-refractivity contribution in [2.45, 2.75) is 25.0 Å². The van der Waals surface area contributed by atoms with Gasteiger partial charge in [-0.2, -0.15) is 5.26 Å². The highest BCUT2D eigenvalue weighted by Gasteiger charge is 2.16. The van der Waals surface area contributed by atoms with Crippen molar-refractivity contribution in [3.63, 3.8) is 0 Å². The van der Waals surface area contributed by atoms with E-state index in [1.807, 2.05) is 13.8 Å². The van der Waals surface area contributed by atoms with Crippen LogP contribution in [0.15, 0.2) is 29.3 Å². The third-order valence-electron chi connectivity index (χ3n) is 3.12. The fourth-order valence-corrected chi connectivity index (χ4v) is 3.12. The maximum Gasteiger partial charge on any atom is 0.131 e. The number of thioether (sulfide) groups is 1. The zero-order chi connectivity index (χ0) is 16.3. The number of aryl methyl sites for hydroxylation is 2. The molecule has 6 heteroatoms. The van der Waals surface area contributed by atoms with Crippen LogP contribution in [0.2, 0.25) is 0 Å². The highest BCUT2D eigenvalue weighted by molar-refractivity contribution is 7.99. The van der Waals surface area contributed by atoms with E-state index in [0.717, 1.165) is 23.4 Å². The summed E-state index contributed by atoms with van der Waals surface area (Å²) in [7, 11) is 0. The first kappa shape index (κ1) is 16.4. The Hall–Kier alpha value is -1.97. The van der Waals surface area contributed by atoms with Gasteiger partial charge >= 0.3 is 0 Å². The minimum atomic E-state index is -1.11. The molecule has 0 amide bonds. The normalized spacial score (nSPS) is 12.0. The lowest BCUT2D eigenvalue weighted by atomic mass is 10.1. The van der Waals surface area contributed by atoms with Crippen LogP contribution in [0.4, 0.5) is 8.78 Å². The molecule has 0 radical (unpaired) electrons. The summed E-state index contributed by atoms with van der Waals surface area (Å²) in [5, 5.41) is 19.7. The van der Waals surface area contributed by atoms with E-state index in [2.05, 4.69) is 11.1 Å². The molecule has 114 valence electrons. The van der Waals surface area contributed by atoms with Crippen LogP contribution in [-0.4, -0.2) is 15.8 Å². The Balaban J connectivity index is 2.18. The van der Waals surface area contributed by atoms with Crippen LogP contribution >= 0.6 is 11.8 Å². The van der Waals surface area contributed by atoms with E-state index in [1.54, 1.807) is 6.07 Å². The summed E-state index contributed by atoms with van der Waals surface area (Å²) in [5.41, 5.74) is 2.04. The molecule has 0 fully saturated rings. The van der Waals surface area contributed by atoms with Crippen LogP contribution in [-0.2, 0) is 0 Å². The number of nitriles is 1. The third kappa shape index (κ3) is 3.62. The Labute approximate surface area is 131 Å². The lowest BCUT2D eigenvalue weighted by Crippen LogP contribution is -2.05. The van der Waals surface area contributed by atoms with Crippen molar-refractivity contribution in [3.05, 3.63) is 58.3 Å². The standard InChI is InChI=1S/C16H14F2N2OS/c1-9-5-10(2)20-16(13(9)7-19)22-8-15(21)12-4-3-11(17)6-14(12)18/h3-6,15,21H,8H2,1-2H3. The lowest BCUT2D eigenvalue weighted by molar-refractivity contribution is 0.198. The van der Waals surface area contributed by atoms with Crippen LogP contribution in [0, 0.1) is 36.8 Å². The molecule has 22 heavy (non-hydrogen) atoms. The zero-order valence-corrected chi connectivity index (χ0v) is 12.9. The Morgan fingerprint density at radius 1 is 1.32 bits per heavy atom. The Morgan fingerprint density at radius 3 is 2.68 bits per heavy atom. The maximum atomic E-state index is 13.6. The molecule has 0 spiro atoms. The quantitative estimate of drug-likeness (QED) is 0.873. The van der Waals surface area contributed by atoms with Crippen LogP contribution in [0.25, 0.3) is 0 Å². The fraction of sp³-hybridized carbons (Fsp3) is 0.250. The number of rotatable bonds is 4. The average molecular weight is 320 g/mol. The Bertz CT molecular complexity index is 744. The average Bonchev–Trinajstić information content (AvgIpc) is 2.44. The molecule has 0 aliphatic rings. The van der Waals surface area contributed by atoms with Gasteiger partial charge in [0.2, 0.25) is 0 Å². The van der Waals surface area contributed by atoms with Crippen molar-refractivity contribution in [3.8, 4) is 6.07 Å². The molecular weight excluding hydrogens is 306 g/mol. The summed E-state index contributed by atoms with van der Waals surface area (Å²) in [6, 6.07) is 6.94. The summed E-state index contributed by atoms with van der Waals surface area (Å²) in [4.78, 5) is 4.28. The van der Waals surface area contributed by atoms with Gasteiger partial charge in [0.15, 0.2) is 0 Å². The van der Waals surface area contributed by atoms with Crippen LogP contribution in [0.1, 0.15) is 28.5 Å². The van der Waals surface area contributed by atoms with Crippen molar-refractivity contribution in [2.75, 3.05) is 5.75 Å². The van der Waals surface area contributed by atoms with Crippen LogP contribution in [0.5, 0.6) is 0 Å². The van der Waals surface area contributed by atoms with E-state index in [1.165, 1.54) is 17.8 Å². The highest BCUT2D eigenvalue weighted by Crippen LogP contribution is 2.28. The minimum Gasteiger partial charge on any atom is -0.387 e. The lowest BCUT2D eigenvalue weighted by Gasteiger charge is -2.13. The monoisotopic (exact) mass is 320 g/mol. The van der Waals surface area contributed by atoms with Crippen molar-refractivity contribution in [1.29, 1.82) is 5.26 Å². The highest BCUT2D eigenvalue weighted by atomic mass is 32.2. The number of aliphatic hydroxyl groups is 1. The summed E-state index contributed by atoms with van der Waals surface area (Å²) in [5.74, 6) is -1.36. The second kappa shape index (κ2) is 6.86. The van der Waals surface area contributed by atoms with E-state index in [9.17, 15) is 19.1 Å². The fourth-order valence-electron chi connectivity index (χ4n) is 2.06. The van der Waals surface area contributed by atoms with Crippen molar-refractivity contribution >= 4 is 11.8 Å². The molecule has 1 unspecified atom stereocenters. The van der Waals surface area contributed by atoms with E-state index in [-0.39, 0.29) is 11.3 Å². The number of halogens is 2. The van der Waals surface area contributed by atoms with Crippen molar-refractivity contribution < 1.29 is 13.9 Å². The number of aliphatic hydroxyl groups excluding tert-OH is 1. The summed E-state index contributed by atoms with van der Waals surface area (Å²) >= 11 is 1.17. The van der Waals surface area contributed by atoms with E-state index >= 15 is 0 Å².